The van der Waals surface area contributed by atoms with Crippen molar-refractivity contribution < 1.29 is 4.74 Å². The van der Waals surface area contributed by atoms with Crippen LogP contribution in [0.5, 0.6) is 0 Å². The second kappa shape index (κ2) is 5.47. The molecule has 0 spiro atoms. The van der Waals surface area contributed by atoms with E-state index in [4.69, 9.17) is 4.74 Å². The van der Waals surface area contributed by atoms with Crippen LogP contribution in [0.2, 0.25) is 0 Å². The third kappa shape index (κ3) is 2.39. The number of nitrogens with one attached hydrogen (secondary N) is 1. The largest absolute Gasteiger partial charge is 0.372 e. The lowest BCUT2D eigenvalue weighted by Crippen LogP contribution is -2.56. The fourth-order valence-corrected chi connectivity index (χ4v) is 4.10. The van der Waals surface area contributed by atoms with Crippen LogP contribution in [0.3, 0.4) is 0 Å². The summed E-state index contributed by atoms with van der Waals surface area (Å²) in [7, 11) is 0. The number of fused-ring (bicyclic) bond motifs is 4. The van der Waals surface area contributed by atoms with E-state index >= 15 is 0 Å². The van der Waals surface area contributed by atoms with Gasteiger partial charge in [-0.2, -0.15) is 0 Å². The Bertz CT molecular complexity index is 468. The summed E-state index contributed by atoms with van der Waals surface area (Å²) < 4.78 is 6.00. The van der Waals surface area contributed by atoms with Gasteiger partial charge in [-0.3, -0.25) is 0 Å². The van der Waals surface area contributed by atoms with Crippen molar-refractivity contribution in [3.05, 3.63) is 35.4 Å². The molecule has 1 aromatic carbocycles. The average molecular weight is 272 g/mol. The maximum atomic E-state index is 6.00. The van der Waals surface area contributed by atoms with Crippen molar-refractivity contribution in [1.29, 1.82) is 0 Å². The van der Waals surface area contributed by atoms with E-state index in [1.807, 2.05) is 0 Å². The van der Waals surface area contributed by atoms with Crippen LogP contribution in [-0.4, -0.2) is 43.7 Å². The zero-order valence-electron chi connectivity index (χ0n) is 12.1. The van der Waals surface area contributed by atoms with Crippen molar-refractivity contribution in [1.82, 2.24) is 10.2 Å². The molecule has 5 rings (SSSR count). The SMILES string of the molecule is c1ccc2c(c1)CCOC2CNC1CN2CCC1CC2. The Morgan fingerprint density at radius 3 is 2.85 bits per heavy atom. The molecule has 3 nitrogen and oxygen atoms in total. The molecule has 2 unspecified atom stereocenters. The van der Waals surface area contributed by atoms with Crippen molar-refractivity contribution in [2.45, 2.75) is 31.4 Å². The zero-order chi connectivity index (χ0) is 13.4. The number of piperidine rings is 3. The molecule has 2 bridgehead atoms. The van der Waals surface area contributed by atoms with E-state index in [0.29, 0.717) is 6.04 Å². The van der Waals surface area contributed by atoms with Crippen molar-refractivity contribution >= 4 is 0 Å². The molecule has 4 aliphatic heterocycles. The van der Waals surface area contributed by atoms with Gasteiger partial charge in [-0.15, -0.1) is 0 Å². The summed E-state index contributed by atoms with van der Waals surface area (Å²) in [6.45, 7) is 5.69. The van der Waals surface area contributed by atoms with E-state index in [-0.39, 0.29) is 6.10 Å². The average Bonchev–Trinajstić information content (AvgIpc) is 2.54. The van der Waals surface area contributed by atoms with Crippen LogP contribution < -0.4 is 5.32 Å². The first-order valence-electron chi connectivity index (χ1n) is 8.05. The van der Waals surface area contributed by atoms with Gasteiger partial charge in [-0.05, 0) is 49.4 Å². The summed E-state index contributed by atoms with van der Waals surface area (Å²) in [6.07, 6.45) is 4.06. The Hall–Kier alpha value is -0.900. The fourth-order valence-electron chi connectivity index (χ4n) is 4.10. The van der Waals surface area contributed by atoms with Crippen LogP contribution in [0, 0.1) is 5.92 Å². The lowest BCUT2D eigenvalue weighted by Gasteiger charge is -2.45. The fraction of sp³-hybridized carbons (Fsp3) is 0.647. The van der Waals surface area contributed by atoms with E-state index in [9.17, 15) is 0 Å². The molecule has 2 atom stereocenters. The molecule has 1 N–H and O–H groups in total. The topological polar surface area (TPSA) is 24.5 Å². The van der Waals surface area contributed by atoms with E-state index in [0.717, 1.165) is 25.5 Å². The number of rotatable bonds is 3. The minimum atomic E-state index is 0.246. The smallest absolute Gasteiger partial charge is 0.0952 e. The van der Waals surface area contributed by atoms with Crippen LogP contribution in [-0.2, 0) is 11.2 Å². The predicted molar refractivity (Wildman–Crippen MR) is 79.8 cm³/mol. The van der Waals surface area contributed by atoms with Crippen molar-refractivity contribution in [3.63, 3.8) is 0 Å². The van der Waals surface area contributed by atoms with Gasteiger partial charge >= 0.3 is 0 Å². The van der Waals surface area contributed by atoms with Gasteiger partial charge in [0.05, 0.1) is 12.7 Å². The van der Waals surface area contributed by atoms with Crippen molar-refractivity contribution in [2.75, 3.05) is 32.8 Å². The van der Waals surface area contributed by atoms with E-state index in [1.165, 1.54) is 43.6 Å². The van der Waals surface area contributed by atoms with Crippen molar-refractivity contribution in [3.8, 4) is 0 Å². The van der Waals surface area contributed by atoms with Crippen LogP contribution in [0.15, 0.2) is 24.3 Å². The van der Waals surface area contributed by atoms with Gasteiger partial charge in [-0.25, -0.2) is 0 Å². The highest BCUT2D eigenvalue weighted by molar-refractivity contribution is 5.31. The van der Waals surface area contributed by atoms with Gasteiger partial charge in [0.1, 0.15) is 0 Å². The molecule has 20 heavy (non-hydrogen) atoms. The zero-order valence-corrected chi connectivity index (χ0v) is 12.1. The quantitative estimate of drug-likeness (QED) is 0.910. The van der Waals surface area contributed by atoms with Gasteiger partial charge in [0.15, 0.2) is 0 Å². The van der Waals surface area contributed by atoms with Crippen LogP contribution >= 0.6 is 0 Å². The molecule has 3 fully saturated rings. The Balaban J connectivity index is 1.41. The van der Waals surface area contributed by atoms with Gasteiger partial charge in [0, 0.05) is 19.1 Å². The predicted octanol–water partition coefficient (Wildman–Crippen LogP) is 1.98. The second-order valence-corrected chi connectivity index (χ2v) is 6.46. The van der Waals surface area contributed by atoms with Crippen molar-refractivity contribution in [2.24, 2.45) is 5.92 Å². The summed E-state index contributed by atoms with van der Waals surface area (Å²) in [4.78, 5) is 2.60. The number of hydrogen-bond donors (Lipinski definition) is 1. The molecule has 4 aliphatic rings. The van der Waals surface area contributed by atoms with Gasteiger partial charge < -0.3 is 15.0 Å². The molecule has 0 radical (unpaired) electrons. The first kappa shape index (κ1) is 12.8. The van der Waals surface area contributed by atoms with Crippen LogP contribution in [0.25, 0.3) is 0 Å². The number of ether oxygens (including phenoxy) is 1. The normalized spacial score (nSPS) is 35.8. The molecule has 4 heterocycles. The first-order chi connectivity index (χ1) is 9.90. The molecule has 0 amide bonds. The Kier molecular flexibility index (Phi) is 3.51. The van der Waals surface area contributed by atoms with E-state index in [2.05, 4.69) is 34.5 Å². The highest BCUT2D eigenvalue weighted by Gasteiger charge is 2.34. The Morgan fingerprint density at radius 2 is 2.05 bits per heavy atom. The third-order valence-electron chi connectivity index (χ3n) is 5.31. The van der Waals surface area contributed by atoms with Gasteiger partial charge in [-0.1, -0.05) is 24.3 Å². The molecule has 3 saturated heterocycles. The minimum Gasteiger partial charge on any atom is -0.372 e. The standard InChI is InChI=1S/C17H24N2O/c1-2-4-15-13(3-1)7-10-20-17(15)11-18-16-12-19-8-5-14(16)6-9-19/h1-4,14,16-18H,5-12H2. The third-order valence-corrected chi connectivity index (χ3v) is 5.31. The number of benzene rings is 1. The highest BCUT2D eigenvalue weighted by Crippen LogP contribution is 2.29. The lowest BCUT2D eigenvalue weighted by molar-refractivity contribution is 0.0254. The van der Waals surface area contributed by atoms with E-state index < -0.39 is 0 Å². The minimum absolute atomic E-state index is 0.246. The molecular weight excluding hydrogens is 248 g/mol. The summed E-state index contributed by atoms with van der Waals surface area (Å²) in [5.74, 6) is 0.888. The molecule has 0 saturated carbocycles. The monoisotopic (exact) mass is 272 g/mol. The highest BCUT2D eigenvalue weighted by atomic mass is 16.5. The summed E-state index contributed by atoms with van der Waals surface area (Å²) in [5.41, 5.74) is 2.87. The summed E-state index contributed by atoms with van der Waals surface area (Å²) in [6, 6.07) is 9.43. The molecule has 3 heteroatoms. The van der Waals surface area contributed by atoms with Gasteiger partial charge in [0.25, 0.3) is 0 Å². The van der Waals surface area contributed by atoms with Crippen LogP contribution in [0.4, 0.5) is 0 Å². The Morgan fingerprint density at radius 1 is 1.20 bits per heavy atom. The molecule has 108 valence electrons. The molecule has 0 aliphatic carbocycles. The molecule has 1 aromatic rings. The van der Waals surface area contributed by atoms with Gasteiger partial charge in [0.2, 0.25) is 0 Å². The molecule has 0 aromatic heterocycles. The van der Waals surface area contributed by atoms with Crippen LogP contribution in [0.1, 0.15) is 30.1 Å². The second-order valence-electron chi connectivity index (χ2n) is 6.46. The summed E-state index contributed by atoms with van der Waals surface area (Å²) >= 11 is 0. The lowest BCUT2D eigenvalue weighted by atomic mass is 9.84. The maximum absolute atomic E-state index is 6.00. The number of nitrogens with zero attached hydrogens (tertiary/aromatic N) is 1. The van der Waals surface area contributed by atoms with E-state index in [1.54, 1.807) is 0 Å². The summed E-state index contributed by atoms with van der Waals surface area (Å²) in [5, 5.41) is 3.80. The number of hydrogen-bond acceptors (Lipinski definition) is 3. The maximum Gasteiger partial charge on any atom is 0.0952 e. The molecular formula is C17H24N2O. The Labute approximate surface area is 121 Å². The first-order valence-corrected chi connectivity index (χ1v) is 8.05.